The van der Waals surface area contributed by atoms with E-state index in [1.807, 2.05) is 4.90 Å². The lowest BCUT2D eigenvalue weighted by Crippen LogP contribution is -2.42. The van der Waals surface area contributed by atoms with E-state index in [9.17, 15) is 9.59 Å². The Balaban J connectivity index is 1.41. The maximum atomic E-state index is 13.2. The van der Waals surface area contributed by atoms with E-state index < -0.39 is 5.41 Å². The van der Waals surface area contributed by atoms with Crippen LogP contribution in [0.25, 0.3) is 0 Å². The lowest BCUT2D eigenvalue weighted by atomic mass is 9.78. The number of hydrogen-bond acceptors (Lipinski definition) is 5. The standard InChI is InChI=1S/C18H28N6O2/c1-14-11-24(16(25)15-19-13-21(2)20-15)12-18(14)5-8-23(17(18)26)10-9-22-6-3-4-7-22/h13-14H,3-12H2,1-2H3/t14-,18-/m1/s1. The quantitative estimate of drug-likeness (QED) is 0.768. The minimum atomic E-state index is -0.421. The van der Waals surface area contributed by atoms with Gasteiger partial charge in [0.25, 0.3) is 5.91 Å². The molecule has 3 aliphatic heterocycles. The number of carbonyl (C=O) groups excluding carboxylic acids is 2. The molecule has 2 amide bonds. The van der Waals surface area contributed by atoms with Gasteiger partial charge >= 0.3 is 0 Å². The van der Waals surface area contributed by atoms with E-state index in [0.29, 0.717) is 13.1 Å². The van der Waals surface area contributed by atoms with Crippen molar-refractivity contribution < 1.29 is 9.59 Å². The first-order valence-corrected chi connectivity index (χ1v) is 9.66. The highest BCUT2D eigenvalue weighted by molar-refractivity contribution is 5.92. The second-order valence-electron chi connectivity index (χ2n) is 8.08. The Morgan fingerprint density at radius 2 is 2.04 bits per heavy atom. The molecule has 0 aliphatic carbocycles. The van der Waals surface area contributed by atoms with Crippen molar-refractivity contribution in [3.05, 3.63) is 12.2 Å². The van der Waals surface area contributed by atoms with Crippen LogP contribution in [0.3, 0.4) is 0 Å². The molecule has 0 unspecified atom stereocenters. The van der Waals surface area contributed by atoms with Crippen molar-refractivity contribution in [1.29, 1.82) is 0 Å². The Kier molecular flexibility index (Phi) is 4.46. The molecule has 8 nitrogen and oxygen atoms in total. The maximum Gasteiger partial charge on any atom is 0.293 e. The Hall–Kier alpha value is -1.96. The van der Waals surface area contributed by atoms with E-state index in [-0.39, 0.29) is 23.6 Å². The van der Waals surface area contributed by atoms with Crippen molar-refractivity contribution in [3.8, 4) is 0 Å². The molecule has 142 valence electrons. The number of nitrogens with zero attached hydrogens (tertiary/aromatic N) is 6. The average molecular weight is 360 g/mol. The third-order valence-electron chi connectivity index (χ3n) is 6.41. The van der Waals surface area contributed by atoms with Gasteiger partial charge in [-0.3, -0.25) is 14.3 Å². The van der Waals surface area contributed by atoms with Crippen LogP contribution in [-0.2, 0) is 11.8 Å². The SMILES string of the molecule is C[C@@H]1CN(C(=O)c2ncn(C)n2)C[C@]12CCN(CCN1CCCC1)C2=O. The van der Waals surface area contributed by atoms with Crippen LogP contribution in [0.2, 0.25) is 0 Å². The van der Waals surface area contributed by atoms with Crippen molar-refractivity contribution in [3.63, 3.8) is 0 Å². The summed E-state index contributed by atoms with van der Waals surface area (Å²) in [5.74, 6) is 0.443. The van der Waals surface area contributed by atoms with Gasteiger partial charge in [-0.25, -0.2) is 4.98 Å². The van der Waals surface area contributed by atoms with Gasteiger partial charge in [0.1, 0.15) is 6.33 Å². The van der Waals surface area contributed by atoms with E-state index in [1.54, 1.807) is 11.9 Å². The molecular weight excluding hydrogens is 332 g/mol. The number of aryl methyl sites for hydroxylation is 1. The van der Waals surface area contributed by atoms with Gasteiger partial charge in [-0.2, -0.15) is 0 Å². The van der Waals surface area contributed by atoms with E-state index in [2.05, 4.69) is 21.9 Å². The van der Waals surface area contributed by atoms with Gasteiger partial charge in [-0.1, -0.05) is 6.92 Å². The number of rotatable bonds is 4. The summed E-state index contributed by atoms with van der Waals surface area (Å²) in [6, 6.07) is 0. The second-order valence-corrected chi connectivity index (χ2v) is 8.08. The summed E-state index contributed by atoms with van der Waals surface area (Å²) in [6.07, 6.45) is 4.91. The predicted octanol–water partition coefficient (Wildman–Crippen LogP) is 0.222. The molecule has 26 heavy (non-hydrogen) atoms. The van der Waals surface area contributed by atoms with Crippen LogP contribution in [0, 0.1) is 11.3 Å². The van der Waals surface area contributed by atoms with Gasteiger partial charge in [0.2, 0.25) is 11.7 Å². The number of aromatic nitrogens is 3. The lowest BCUT2D eigenvalue weighted by molar-refractivity contribution is -0.137. The largest absolute Gasteiger partial charge is 0.341 e. The van der Waals surface area contributed by atoms with Crippen LogP contribution < -0.4 is 0 Å². The molecule has 8 heteroatoms. The van der Waals surface area contributed by atoms with Crippen LogP contribution in [0.1, 0.15) is 36.8 Å². The molecule has 0 aromatic carbocycles. The van der Waals surface area contributed by atoms with Crippen molar-refractivity contribution >= 4 is 11.8 Å². The Bertz CT molecular complexity index is 698. The van der Waals surface area contributed by atoms with Crippen molar-refractivity contribution in [2.75, 3.05) is 45.8 Å². The molecule has 3 saturated heterocycles. The Morgan fingerprint density at radius 3 is 2.73 bits per heavy atom. The molecule has 0 bridgehead atoms. The number of likely N-dealkylation sites (tertiary alicyclic amines) is 3. The predicted molar refractivity (Wildman–Crippen MR) is 95.4 cm³/mol. The topological polar surface area (TPSA) is 74.6 Å². The third-order valence-corrected chi connectivity index (χ3v) is 6.41. The summed E-state index contributed by atoms with van der Waals surface area (Å²) in [5, 5.41) is 4.12. The fraction of sp³-hybridized carbons (Fsp3) is 0.778. The lowest BCUT2D eigenvalue weighted by Gasteiger charge is -2.27. The molecule has 0 radical (unpaired) electrons. The summed E-state index contributed by atoms with van der Waals surface area (Å²) >= 11 is 0. The van der Waals surface area contributed by atoms with Crippen LogP contribution in [0.15, 0.2) is 6.33 Å². The smallest absolute Gasteiger partial charge is 0.293 e. The number of carbonyl (C=O) groups is 2. The molecule has 0 N–H and O–H groups in total. The first-order chi connectivity index (χ1) is 12.5. The zero-order valence-corrected chi connectivity index (χ0v) is 15.7. The Morgan fingerprint density at radius 1 is 1.27 bits per heavy atom. The van der Waals surface area contributed by atoms with E-state index in [1.165, 1.54) is 23.9 Å². The molecule has 1 spiro atoms. The Labute approximate surface area is 154 Å². The minimum absolute atomic E-state index is 0.166. The molecule has 3 aliphatic rings. The highest BCUT2D eigenvalue weighted by Gasteiger charge is 2.56. The molecule has 4 rings (SSSR count). The zero-order valence-electron chi connectivity index (χ0n) is 15.7. The fourth-order valence-electron chi connectivity index (χ4n) is 4.74. The molecule has 1 aromatic rings. The van der Waals surface area contributed by atoms with Gasteiger partial charge < -0.3 is 14.7 Å². The maximum absolute atomic E-state index is 13.2. The highest BCUT2D eigenvalue weighted by atomic mass is 16.2. The van der Waals surface area contributed by atoms with Crippen LogP contribution in [0.5, 0.6) is 0 Å². The third kappa shape index (κ3) is 2.90. The first-order valence-electron chi connectivity index (χ1n) is 9.66. The van der Waals surface area contributed by atoms with Gasteiger partial charge in [-0.05, 0) is 38.3 Å². The van der Waals surface area contributed by atoms with Gasteiger partial charge in [0, 0.05) is 39.8 Å². The highest BCUT2D eigenvalue weighted by Crippen LogP contribution is 2.44. The van der Waals surface area contributed by atoms with Crippen LogP contribution in [-0.4, -0.2) is 87.1 Å². The van der Waals surface area contributed by atoms with E-state index in [4.69, 9.17) is 0 Å². The van der Waals surface area contributed by atoms with Crippen LogP contribution in [0.4, 0.5) is 0 Å². The fourth-order valence-corrected chi connectivity index (χ4v) is 4.74. The molecule has 0 saturated carbocycles. The molecule has 1 aromatic heterocycles. The number of amides is 2. The molecule has 2 atom stereocenters. The summed E-state index contributed by atoms with van der Waals surface area (Å²) in [5.41, 5.74) is -0.421. The summed E-state index contributed by atoms with van der Waals surface area (Å²) in [7, 11) is 1.75. The minimum Gasteiger partial charge on any atom is -0.341 e. The summed E-state index contributed by atoms with van der Waals surface area (Å²) < 4.78 is 1.53. The van der Waals surface area contributed by atoms with Gasteiger partial charge in [0.05, 0.1) is 5.41 Å². The van der Waals surface area contributed by atoms with E-state index in [0.717, 1.165) is 39.1 Å². The average Bonchev–Trinajstić information content (AvgIpc) is 3.38. The molecule has 3 fully saturated rings. The van der Waals surface area contributed by atoms with Crippen LogP contribution >= 0.6 is 0 Å². The number of hydrogen-bond donors (Lipinski definition) is 0. The van der Waals surface area contributed by atoms with Crippen molar-refractivity contribution in [2.24, 2.45) is 18.4 Å². The summed E-state index contributed by atoms with van der Waals surface area (Å²) in [4.78, 5) is 36.2. The first kappa shape index (κ1) is 17.5. The molecule has 4 heterocycles. The van der Waals surface area contributed by atoms with Crippen molar-refractivity contribution in [1.82, 2.24) is 29.5 Å². The normalized spacial score (nSPS) is 29.5. The van der Waals surface area contributed by atoms with Crippen molar-refractivity contribution in [2.45, 2.75) is 26.2 Å². The van der Waals surface area contributed by atoms with Gasteiger partial charge in [0.15, 0.2) is 0 Å². The van der Waals surface area contributed by atoms with Gasteiger partial charge in [-0.15, -0.1) is 5.10 Å². The molecular formula is C18H28N6O2. The monoisotopic (exact) mass is 360 g/mol. The second kappa shape index (κ2) is 6.64. The van der Waals surface area contributed by atoms with E-state index >= 15 is 0 Å². The zero-order chi connectivity index (χ0) is 18.3. The summed E-state index contributed by atoms with van der Waals surface area (Å²) in [6.45, 7) is 8.08.